The average molecular weight is 560 g/mol. The first-order valence-electron chi connectivity index (χ1n) is 10.9. The van der Waals surface area contributed by atoms with E-state index in [1.165, 1.54) is 11.1 Å². The summed E-state index contributed by atoms with van der Waals surface area (Å²) in [5.74, 6) is 2.62. The van der Waals surface area contributed by atoms with Crippen LogP contribution in [-0.2, 0) is 13.1 Å². The first kappa shape index (κ1) is 23.4. The Morgan fingerprint density at radius 1 is 1.06 bits per heavy atom. The van der Waals surface area contributed by atoms with Crippen molar-refractivity contribution in [2.75, 3.05) is 40.0 Å². The fourth-order valence-corrected chi connectivity index (χ4v) is 4.24. The van der Waals surface area contributed by atoms with E-state index in [4.69, 9.17) is 9.47 Å². The summed E-state index contributed by atoms with van der Waals surface area (Å²) in [5.41, 5.74) is 3.58. The Morgan fingerprint density at radius 3 is 2.67 bits per heavy atom. The van der Waals surface area contributed by atoms with Gasteiger partial charge in [-0.3, -0.25) is 9.89 Å². The molecule has 1 fully saturated rings. The van der Waals surface area contributed by atoms with Crippen LogP contribution in [0.25, 0.3) is 5.69 Å². The Morgan fingerprint density at radius 2 is 1.88 bits per heavy atom. The van der Waals surface area contributed by atoms with Gasteiger partial charge in [0.2, 0.25) is 6.79 Å². The van der Waals surface area contributed by atoms with Crippen molar-refractivity contribution in [2.45, 2.75) is 13.1 Å². The van der Waals surface area contributed by atoms with Crippen LogP contribution in [-0.4, -0.2) is 65.3 Å². The van der Waals surface area contributed by atoms with Gasteiger partial charge in [0.15, 0.2) is 17.5 Å². The summed E-state index contributed by atoms with van der Waals surface area (Å²) in [6.45, 7) is 5.78. The lowest BCUT2D eigenvalue weighted by molar-refractivity contribution is 0.171. The number of aliphatic imine (C=N–C) groups is 1. The van der Waals surface area contributed by atoms with Gasteiger partial charge in [-0.15, -0.1) is 24.0 Å². The number of hydrogen-bond donors (Lipinski definition) is 1. The predicted molar refractivity (Wildman–Crippen MR) is 139 cm³/mol. The molecule has 3 aromatic rings. The summed E-state index contributed by atoms with van der Waals surface area (Å²) in [7, 11) is 1.85. The highest BCUT2D eigenvalue weighted by atomic mass is 127. The largest absolute Gasteiger partial charge is 0.454 e. The minimum absolute atomic E-state index is 0. The van der Waals surface area contributed by atoms with E-state index in [1.807, 2.05) is 36.3 Å². The lowest BCUT2D eigenvalue weighted by atomic mass is 10.1. The molecule has 1 N–H and O–H groups in total. The van der Waals surface area contributed by atoms with Gasteiger partial charge in [-0.2, -0.15) is 0 Å². The quantitative estimate of drug-likeness (QED) is 0.294. The number of rotatable bonds is 5. The maximum atomic E-state index is 5.51. The average Bonchev–Trinajstić information content (AvgIpc) is 3.53. The topological polar surface area (TPSA) is 67.2 Å². The lowest BCUT2D eigenvalue weighted by Gasteiger charge is -2.36. The highest BCUT2D eigenvalue weighted by Crippen LogP contribution is 2.32. The Hall–Kier alpha value is -2.79. The van der Waals surface area contributed by atoms with Crippen LogP contribution in [0.15, 0.2) is 66.2 Å². The normalized spacial score (nSPS) is 15.9. The van der Waals surface area contributed by atoms with Gasteiger partial charge in [0.1, 0.15) is 0 Å². The molecule has 0 saturated carbocycles. The van der Waals surface area contributed by atoms with Crippen LogP contribution in [0.3, 0.4) is 0 Å². The zero-order valence-corrected chi connectivity index (χ0v) is 21.0. The Kier molecular flexibility index (Phi) is 7.71. The number of benzene rings is 2. The summed E-state index contributed by atoms with van der Waals surface area (Å²) in [6.07, 6.45) is 5.59. The molecule has 2 aliphatic rings. The Bertz CT molecular complexity index is 1080. The highest BCUT2D eigenvalue weighted by Gasteiger charge is 2.21. The third kappa shape index (κ3) is 5.41. The molecule has 0 aliphatic carbocycles. The molecular formula is C24H29IN6O2. The molecule has 2 aliphatic heterocycles. The standard InChI is InChI=1S/C24H28N6O2.HI/c1-25-24(27-15-20-4-2-3-5-21(20)30-9-8-26-17-30)29-12-10-28(11-13-29)16-19-6-7-22-23(14-19)32-18-31-22;/h2-9,14,17H,10-13,15-16,18H2,1H3,(H,25,27);1H. The number of piperazine rings is 1. The summed E-state index contributed by atoms with van der Waals surface area (Å²) in [4.78, 5) is 13.5. The molecule has 0 amide bonds. The van der Waals surface area contributed by atoms with Crippen LogP contribution in [0, 0.1) is 0 Å². The van der Waals surface area contributed by atoms with Gasteiger partial charge in [0.05, 0.1) is 12.0 Å². The SMILES string of the molecule is CN=C(NCc1ccccc1-n1ccnc1)N1CCN(Cc2ccc3c(c2)OCO3)CC1.I. The fourth-order valence-electron chi connectivity index (χ4n) is 4.24. The molecule has 0 spiro atoms. The van der Waals surface area contributed by atoms with Gasteiger partial charge in [-0.05, 0) is 29.3 Å². The van der Waals surface area contributed by atoms with Crippen molar-refractivity contribution >= 4 is 29.9 Å². The second-order valence-electron chi connectivity index (χ2n) is 7.95. The molecule has 0 bridgehead atoms. The zero-order chi connectivity index (χ0) is 21.8. The van der Waals surface area contributed by atoms with Crippen LogP contribution in [0.2, 0.25) is 0 Å². The number of fused-ring (bicyclic) bond motifs is 1. The molecule has 174 valence electrons. The van der Waals surface area contributed by atoms with E-state index < -0.39 is 0 Å². The second kappa shape index (κ2) is 10.9. The van der Waals surface area contributed by atoms with Crippen LogP contribution in [0.5, 0.6) is 11.5 Å². The minimum atomic E-state index is 0. The summed E-state index contributed by atoms with van der Waals surface area (Å²) in [5, 5.41) is 3.54. The number of imidazole rings is 1. The van der Waals surface area contributed by atoms with Gasteiger partial charge in [0.25, 0.3) is 0 Å². The minimum Gasteiger partial charge on any atom is -0.454 e. The fraction of sp³-hybridized carbons (Fsp3) is 0.333. The number of halogens is 1. The van der Waals surface area contributed by atoms with E-state index in [1.54, 1.807) is 6.20 Å². The molecule has 1 saturated heterocycles. The molecule has 9 heteroatoms. The van der Waals surface area contributed by atoms with Crippen molar-refractivity contribution in [1.82, 2.24) is 24.7 Å². The first-order valence-corrected chi connectivity index (χ1v) is 10.9. The van der Waals surface area contributed by atoms with Crippen LogP contribution < -0.4 is 14.8 Å². The molecule has 33 heavy (non-hydrogen) atoms. The van der Waals surface area contributed by atoms with Crippen molar-refractivity contribution in [2.24, 2.45) is 4.99 Å². The second-order valence-corrected chi connectivity index (χ2v) is 7.95. The number of nitrogens with zero attached hydrogens (tertiary/aromatic N) is 5. The van der Waals surface area contributed by atoms with Crippen LogP contribution in [0.4, 0.5) is 0 Å². The number of hydrogen-bond acceptors (Lipinski definition) is 5. The Balaban J connectivity index is 0.00000259. The zero-order valence-electron chi connectivity index (χ0n) is 18.7. The molecule has 0 radical (unpaired) electrons. The maximum Gasteiger partial charge on any atom is 0.231 e. The maximum absolute atomic E-state index is 5.51. The van der Waals surface area contributed by atoms with E-state index in [2.05, 4.69) is 55.4 Å². The molecule has 3 heterocycles. The lowest BCUT2D eigenvalue weighted by Crippen LogP contribution is -2.52. The summed E-state index contributed by atoms with van der Waals surface area (Å²) in [6, 6.07) is 14.6. The van der Waals surface area contributed by atoms with Gasteiger partial charge in [0, 0.05) is 58.7 Å². The van der Waals surface area contributed by atoms with Crippen molar-refractivity contribution in [1.29, 1.82) is 0 Å². The summed E-state index contributed by atoms with van der Waals surface area (Å²) >= 11 is 0. The molecule has 2 aromatic carbocycles. The number of nitrogens with one attached hydrogen (secondary N) is 1. The molecule has 0 atom stereocenters. The van der Waals surface area contributed by atoms with Crippen LogP contribution >= 0.6 is 24.0 Å². The smallest absolute Gasteiger partial charge is 0.231 e. The van der Waals surface area contributed by atoms with Gasteiger partial charge >= 0.3 is 0 Å². The predicted octanol–water partition coefficient (Wildman–Crippen LogP) is 3.11. The van der Waals surface area contributed by atoms with Crippen LogP contribution in [0.1, 0.15) is 11.1 Å². The van der Waals surface area contributed by atoms with Gasteiger partial charge in [-0.25, -0.2) is 4.98 Å². The molecule has 8 nitrogen and oxygen atoms in total. The number of ether oxygens (including phenoxy) is 2. The van der Waals surface area contributed by atoms with Crippen molar-refractivity contribution in [3.05, 3.63) is 72.3 Å². The Labute approximate surface area is 211 Å². The molecule has 0 unspecified atom stereocenters. The third-order valence-corrected chi connectivity index (χ3v) is 5.94. The monoisotopic (exact) mass is 560 g/mol. The van der Waals surface area contributed by atoms with Gasteiger partial charge < -0.3 is 24.3 Å². The van der Waals surface area contributed by atoms with E-state index >= 15 is 0 Å². The number of guanidine groups is 1. The van der Waals surface area contributed by atoms with E-state index in [-0.39, 0.29) is 24.0 Å². The molecular weight excluding hydrogens is 531 g/mol. The highest BCUT2D eigenvalue weighted by molar-refractivity contribution is 14.0. The van der Waals surface area contributed by atoms with Crippen molar-refractivity contribution < 1.29 is 9.47 Å². The van der Waals surface area contributed by atoms with E-state index in [0.29, 0.717) is 13.3 Å². The molecule has 5 rings (SSSR count). The molecule has 1 aromatic heterocycles. The van der Waals surface area contributed by atoms with Crippen molar-refractivity contribution in [3.63, 3.8) is 0 Å². The van der Waals surface area contributed by atoms with E-state index in [9.17, 15) is 0 Å². The number of aromatic nitrogens is 2. The van der Waals surface area contributed by atoms with E-state index in [0.717, 1.165) is 55.9 Å². The summed E-state index contributed by atoms with van der Waals surface area (Å²) < 4.78 is 13.0. The first-order chi connectivity index (χ1) is 15.8. The van der Waals surface area contributed by atoms with Crippen molar-refractivity contribution in [3.8, 4) is 17.2 Å². The third-order valence-electron chi connectivity index (χ3n) is 5.94. The number of para-hydroxylation sites is 1. The van der Waals surface area contributed by atoms with Gasteiger partial charge in [-0.1, -0.05) is 24.3 Å².